The van der Waals surface area contributed by atoms with Gasteiger partial charge in [0.25, 0.3) is 0 Å². The molecule has 0 spiro atoms. The third-order valence-corrected chi connectivity index (χ3v) is 3.20. The SMILES string of the molecule is Oc1csnc1C1CCCCC1. The number of aromatic hydroxyl groups is 1. The minimum atomic E-state index is 0.409. The van der Waals surface area contributed by atoms with Crippen molar-refractivity contribution in [3.63, 3.8) is 0 Å². The first-order chi connectivity index (χ1) is 5.88. The highest BCUT2D eigenvalue weighted by atomic mass is 32.1. The average molecular weight is 183 g/mol. The molecule has 1 aromatic heterocycles. The van der Waals surface area contributed by atoms with Crippen LogP contribution in [0.25, 0.3) is 0 Å². The van der Waals surface area contributed by atoms with Gasteiger partial charge in [-0.1, -0.05) is 19.3 Å². The van der Waals surface area contributed by atoms with E-state index in [-0.39, 0.29) is 0 Å². The molecule has 1 saturated carbocycles. The summed E-state index contributed by atoms with van der Waals surface area (Å²) in [6.45, 7) is 0. The minimum Gasteiger partial charge on any atom is -0.505 e. The van der Waals surface area contributed by atoms with Gasteiger partial charge in [-0.3, -0.25) is 0 Å². The van der Waals surface area contributed by atoms with Crippen molar-refractivity contribution in [3.8, 4) is 5.75 Å². The molecule has 0 atom stereocenters. The molecule has 1 heterocycles. The predicted molar refractivity (Wildman–Crippen MR) is 49.6 cm³/mol. The van der Waals surface area contributed by atoms with E-state index in [1.807, 2.05) is 0 Å². The van der Waals surface area contributed by atoms with E-state index in [0.29, 0.717) is 11.7 Å². The second-order valence-corrected chi connectivity index (χ2v) is 4.05. The molecule has 0 radical (unpaired) electrons. The summed E-state index contributed by atoms with van der Waals surface area (Å²) in [5.41, 5.74) is 0.944. The third-order valence-electron chi connectivity index (χ3n) is 2.57. The van der Waals surface area contributed by atoms with Crippen molar-refractivity contribution in [3.05, 3.63) is 11.1 Å². The predicted octanol–water partition coefficient (Wildman–Crippen LogP) is 2.90. The minimum absolute atomic E-state index is 0.409. The molecule has 0 bridgehead atoms. The van der Waals surface area contributed by atoms with Crippen LogP contribution in [-0.4, -0.2) is 9.48 Å². The molecule has 2 rings (SSSR count). The lowest BCUT2D eigenvalue weighted by atomic mass is 9.87. The Morgan fingerprint density at radius 1 is 1.33 bits per heavy atom. The Bertz CT molecular complexity index is 253. The average Bonchev–Trinajstić information content (AvgIpc) is 2.53. The first-order valence-electron chi connectivity index (χ1n) is 4.51. The summed E-state index contributed by atoms with van der Waals surface area (Å²) < 4.78 is 4.23. The van der Waals surface area contributed by atoms with Crippen LogP contribution in [0.2, 0.25) is 0 Å². The van der Waals surface area contributed by atoms with Crippen LogP contribution in [0.5, 0.6) is 5.75 Å². The molecule has 1 aliphatic carbocycles. The van der Waals surface area contributed by atoms with Crippen molar-refractivity contribution in [2.45, 2.75) is 38.0 Å². The maximum atomic E-state index is 9.45. The zero-order valence-electron chi connectivity index (χ0n) is 6.99. The lowest BCUT2D eigenvalue weighted by Crippen LogP contribution is -2.04. The lowest BCUT2D eigenvalue weighted by molar-refractivity contribution is 0.410. The van der Waals surface area contributed by atoms with E-state index >= 15 is 0 Å². The van der Waals surface area contributed by atoms with Crippen molar-refractivity contribution < 1.29 is 5.11 Å². The van der Waals surface area contributed by atoms with Crippen molar-refractivity contribution in [2.75, 3.05) is 0 Å². The standard InChI is InChI=1S/C9H13NOS/c11-8-6-12-10-9(8)7-4-2-1-3-5-7/h6-7,11H,1-5H2. The van der Waals surface area contributed by atoms with Crippen molar-refractivity contribution >= 4 is 11.5 Å². The van der Waals surface area contributed by atoms with E-state index in [1.165, 1.54) is 43.6 Å². The van der Waals surface area contributed by atoms with Crippen molar-refractivity contribution in [1.29, 1.82) is 0 Å². The van der Waals surface area contributed by atoms with Crippen LogP contribution < -0.4 is 0 Å². The summed E-state index contributed by atoms with van der Waals surface area (Å²) in [4.78, 5) is 0. The maximum absolute atomic E-state index is 9.45. The molecule has 0 amide bonds. The summed E-state index contributed by atoms with van der Waals surface area (Å²) in [6.07, 6.45) is 6.35. The van der Waals surface area contributed by atoms with Crippen LogP contribution in [0.4, 0.5) is 0 Å². The van der Waals surface area contributed by atoms with E-state index in [2.05, 4.69) is 4.37 Å². The monoisotopic (exact) mass is 183 g/mol. The molecular weight excluding hydrogens is 170 g/mol. The van der Waals surface area contributed by atoms with Gasteiger partial charge < -0.3 is 5.11 Å². The molecule has 1 aliphatic rings. The topological polar surface area (TPSA) is 33.1 Å². The Hall–Kier alpha value is -0.570. The fourth-order valence-corrected chi connectivity index (χ4v) is 2.53. The normalized spacial score (nSPS) is 19.7. The largest absolute Gasteiger partial charge is 0.505 e. The maximum Gasteiger partial charge on any atom is 0.149 e. The molecule has 0 aliphatic heterocycles. The van der Waals surface area contributed by atoms with Gasteiger partial charge in [0.15, 0.2) is 0 Å². The molecule has 3 heteroatoms. The fraction of sp³-hybridized carbons (Fsp3) is 0.667. The van der Waals surface area contributed by atoms with Crippen molar-refractivity contribution in [1.82, 2.24) is 4.37 Å². The molecule has 66 valence electrons. The van der Waals surface area contributed by atoms with Crippen molar-refractivity contribution in [2.24, 2.45) is 0 Å². The van der Waals surface area contributed by atoms with Crippen LogP contribution in [0.15, 0.2) is 5.38 Å². The molecule has 1 fully saturated rings. The number of rotatable bonds is 1. The van der Waals surface area contributed by atoms with Crippen LogP contribution >= 0.6 is 11.5 Å². The van der Waals surface area contributed by atoms with Gasteiger partial charge in [0, 0.05) is 5.92 Å². The van der Waals surface area contributed by atoms with Gasteiger partial charge >= 0.3 is 0 Å². The molecule has 12 heavy (non-hydrogen) atoms. The summed E-state index contributed by atoms with van der Waals surface area (Å²) in [7, 11) is 0. The van der Waals surface area contributed by atoms with E-state index < -0.39 is 0 Å². The highest BCUT2D eigenvalue weighted by Crippen LogP contribution is 2.36. The van der Waals surface area contributed by atoms with Crippen LogP contribution in [0.3, 0.4) is 0 Å². The zero-order chi connectivity index (χ0) is 8.39. The summed E-state index contributed by atoms with van der Waals surface area (Å²) >= 11 is 1.36. The zero-order valence-corrected chi connectivity index (χ0v) is 7.81. The highest BCUT2D eigenvalue weighted by molar-refractivity contribution is 7.03. The quantitative estimate of drug-likeness (QED) is 0.726. The number of aromatic nitrogens is 1. The van der Waals surface area contributed by atoms with Gasteiger partial charge in [-0.2, -0.15) is 4.37 Å². The number of nitrogens with zero attached hydrogens (tertiary/aromatic N) is 1. The Morgan fingerprint density at radius 3 is 2.67 bits per heavy atom. The summed E-state index contributed by atoms with van der Waals surface area (Å²) in [5.74, 6) is 0.942. The molecule has 0 saturated heterocycles. The Kier molecular flexibility index (Phi) is 2.30. The van der Waals surface area contributed by atoms with Crippen LogP contribution in [-0.2, 0) is 0 Å². The number of hydrogen-bond acceptors (Lipinski definition) is 3. The first-order valence-corrected chi connectivity index (χ1v) is 5.35. The third kappa shape index (κ3) is 1.46. The Balaban J connectivity index is 2.13. The van der Waals surface area contributed by atoms with Crippen LogP contribution in [0, 0.1) is 0 Å². The Morgan fingerprint density at radius 2 is 2.08 bits per heavy atom. The van der Waals surface area contributed by atoms with E-state index in [4.69, 9.17) is 0 Å². The van der Waals surface area contributed by atoms with Gasteiger partial charge in [-0.15, -0.1) is 0 Å². The smallest absolute Gasteiger partial charge is 0.149 e. The van der Waals surface area contributed by atoms with E-state index in [9.17, 15) is 5.11 Å². The van der Waals surface area contributed by atoms with Gasteiger partial charge in [-0.05, 0) is 24.4 Å². The second-order valence-electron chi connectivity index (χ2n) is 3.42. The first kappa shape index (κ1) is 8.05. The molecule has 2 nitrogen and oxygen atoms in total. The van der Waals surface area contributed by atoms with Gasteiger partial charge in [0.2, 0.25) is 0 Å². The second kappa shape index (κ2) is 3.44. The summed E-state index contributed by atoms with van der Waals surface area (Å²) in [6, 6.07) is 0. The molecule has 0 aromatic carbocycles. The molecule has 0 unspecified atom stereocenters. The van der Waals surface area contributed by atoms with Gasteiger partial charge in [0.1, 0.15) is 5.75 Å². The molecule has 1 N–H and O–H groups in total. The molecular formula is C9H13NOS. The summed E-state index contributed by atoms with van der Waals surface area (Å²) in [5, 5.41) is 11.2. The fourth-order valence-electron chi connectivity index (χ4n) is 1.90. The van der Waals surface area contributed by atoms with Crippen LogP contribution in [0.1, 0.15) is 43.7 Å². The lowest BCUT2D eigenvalue weighted by Gasteiger charge is -2.19. The van der Waals surface area contributed by atoms with E-state index in [1.54, 1.807) is 5.38 Å². The van der Waals surface area contributed by atoms with Gasteiger partial charge in [-0.25, -0.2) is 0 Å². The van der Waals surface area contributed by atoms with E-state index in [0.717, 1.165) is 5.69 Å². The highest BCUT2D eigenvalue weighted by Gasteiger charge is 2.20. The number of hydrogen-bond donors (Lipinski definition) is 1. The molecule has 1 aromatic rings. The van der Waals surface area contributed by atoms with Gasteiger partial charge in [0.05, 0.1) is 11.1 Å². The Labute approximate surface area is 76.4 Å².